The quantitative estimate of drug-likeness (QED) is 0.763. The molecular formula is C14H15NO3. The molecule has 0 saturated heterocycles. The molecule has 4 heteroatoms. The van der Waals surface area contributed by atoms with Gasteiger partial charge in [-0.3, -0.25) is 9.59 Å². The zero-order valence-corrected chi connectivity index (χ0v) is 10.6. The monoisotopic (exact) mass is 245 g/mol. The highest BCUT2D eigenvalue weighted by Gasteiger charge is 2.39. The van der Waals surface area contributed by atoms with E-state index in [0.29, 0.717) is 17.0 Å². The summed E-state index contributed by atoms with van der Waals surface area (Å²) in [5.74, 6) is 0.635. The first kappa shape index (κ1) is 11.3. The number of Topliss-reactive ketones (excluding diaryl/α,β-unsaturated/α-hetero) is 1. The predicted octanol–water partition coefficient (Wildman–Crippen LogP) is 2.34. The summed E-state index contributed by atoms with van der Waals surface area (Å²) in [6, 6.07) is 3.77. The van der Waals surface area contributed by atoms with E-state index in [1.54, 1.807) is 6.92 Å². The van der Waals surface area contributed by atoms with Crippen molar-refractivity contribution in [1.82, 2.24) is 0 Å². The molecule has 3 unspecified atom stereocenters. The standard InChI is InChI=1S/C14H15NO3/c1-6-7(2)13(16)11-9(6)4-5-10-12(11)15-14(17)8(3)18-10/h4-8H,1-3H3,(H,15,17). The first-order valence-corrected chi connectivity index (χ1v) is 6.19. The fourth-order valence-electron chi connectivity index (χ4n) is 2.66. The van der Waals surface area contributed by atoms with Crippen LogP contribution in [0, 0.1) is 5.92 Å². The predicted molar refractivity (Wildman–Crippen MR) is 67.1 cm³/mol. The van der Waals surface area contributed by atoms with Gasteiger partial charge in [0.1, 0.15) is 5.75 Å². The van der Waals surface area contributed by atoms with E-state index in [1.165, 1.54) is 0 Å². The van der Waals surface area contributed by atoms with Gasteiger partial charge in [-0.25, -0.2) is 0 Å². The number of amides is 1. The van der Waals surface area contributed by atoms with Crippen molar-refractivity contribution in [2.24, 2.45) is 5.92 Å². The van der Waals surface area contributed by atoms with E-state index in [9.17, 15) is 9.59 Å². The van der Waals surface area contributed by atoms with Crippen LogP contribution in [0.4, 0.5) is 5.69 Å². The van der Waals surface area contributed by atoms with Crippen molar-refractivity contribution in [2.45, 2.75) is 32.8 Å². The maximum atomic E-state index is 12.3. The highest BCUT2D eigenvalue weighted by Crippen LogP contribution is 2.45. The third-order valence-corrected chi connectivity index (χ3v) is 4.02. The van der Waals surface area contributed by atoms with Crippen LogP contribution >= 0.6 is 0 Å². The molecule has 0 bridgehead atoms. The van der Waals surface area contributed by atoms with Crippen molar-refractivity contribution < 1.29 is 14.3 Å². The number of anilines is 1. The summed E-state index contributed by atoms with van der Waals surface area (Å²) in [4.78, 5) is 23.9. The first-order chi connectivity index (χ1) is 8.50. The van der Waals surface area contributed by atoms with Gasteiger partial charge < -0.3 is 10.1 Å². The Hall–Kier alpha value is -1.84. The summed E-state index contributed by atoms with van der Waals surface area (Å²) in [7, 11) is 0. The van der Waals surface area contributed by atoms with E-state index >= 15 is 0 Å². The van der Waals surface area contributed by atoms with Gasteiger partial charge in [0.15, 0.2) is 11.9 Å². The summed E-state index contributed by atoms with van der Waals surface area (Å²) in [6.07, 6.45) is -0.512. The van der Waals surface area contributed by atoms with Gasteiger partial charge in [0, 0.05) is 11.5 Å². The van der Waals surface area contributed by atoms with Crippen LogP contribution in [0.5, 0.6) is 5.75 Å². The van der Waals surface area contributed by atoms with Gasteiger partial charge in [0.25, 0.3) is 5.91 Å². The first-order valence-electron chi connectivity index (χ1n) is 6.19. The number of nitrogens with one attached hydrogen (secondary N) is 1. The van der Waals surface area contributed by atoms with Crippen LogP contribution in [0.3, 0.4) is 0 Å². The van der Waals surface area contributed by atoms with Gasteiger partial charge in [-0.05, 0) is 24.5 Å². The molecule has 1 heterocycles. The van der Waals surface area contributed by atoms with Gasteiger partial charge >= 0.3 is 0 Å². The van der Waals surface area contributed by atoms with Gasteiger partial charge in [-0.15, -0.1) is 0 Å². The van der Waals surface area contributed by atoms with Crippen molar-refractivity contribution in [3.05, 3.63) is 23.3 Å². The molecule has 1 N–H and O–H groups in total. The van der Waals surface area contributed by atoms with E-state index in [1.807, 2.05) is 26.0 Å². The van der Waals surface area contributed by atoms with Crippen LogP contribution in [0.2, 0.25) is 0 Å². The molecule has 0 aromatic heterocycles. The zero-order valence-electron chi connectivity index (χ0n) is 10.6. The molecule has 3 rings (SSSR count). The summed E-state index contributed by atoms with van der Waals surface area (Å²) < 4.78 is 5.52. The van der Waals surface area contributed by atoms with Crippen molar-refractivity contribution >= 4 is 17.4 Å². The van der Waals surface area contributed by atoms with Crippen LogP contribution < -0.4 is 10.1 Å². The van der Waals surface area contributed by atoms with Crippen molar-refractivity contribution in [3.63, 3.8) is 0 Å². The summed E-state index contributed by atoms with van der Waals surface area (Å²) in [6.45, 7) is 5.65. The normalized spacial score (nSPS) is 29.4. The minimum Gasteiger partial charge on any atom is -0.479 e. The average molecular weight is 245 g/mol. The van der Waals surface area contributed by atoms with Crippen LogP contribution in [0.1, 0.15) is 42.6 Å². The van der Waals surface area contributed by atoms with Crippen molar-refractivity contribution in [2.75, 3.05) is 5.32 Å². The number of carbonyl (C=O) groups is 2. The van der Waals surface area contributed by atoms with Gasteiger partial charge in [-0.1, -0.05) is 19.9 Å². The SMILES string of the molecule is CC1Oc2ccc3c(c2NC1=O)C(=O)C(C)C3C. The van der Waals surface area contributed by atoms with Crippen LogP contribution in [0.25, 0.3) is 0 Å². The fourth-order valence-corrected chi connectivity index (χ4v) is 2.66. The van der Waals surface area contributed by atoms with Crippen LogP contribution in [0.15, 0.2) is 12.1 Å². The molecule has 3 atom stereocenters. The minimum atomic E-state index is -0.512. The topological polar surface area (TPSA) is 55.4 Å². The molecule has 0 radical (unpaired) electrons. The van der Waals surface area contributed by atoms with Gasteiger partial charge in [0.2, 0.25) is 0 Å². The molecule has 94 valence electrons. The number of benzene rings is 1. The lowest BCUT2D eigenvalue weighted by Gasteiger charge is -2.25. The Labute approximate surface area is 105 Å². The van der Waals surface area contributed by atoms with Crippen LogP contribution in [-0.4, -0.2) is 17.8 Å². The number of fused-ring (bicyclic) bond motifs is 3. The summed E-state index contributed by atoms with van der Waals surface area (Å²) in [5.41, 5.74) is 2.19. The summed E-state index contributed by atoms with van der Waals surface area (Å²) >= 11 is 0. The Morgan fingerprint density at radius 2 is 1.83 bits per heavy atom. The minimum absolute atomic E-state index is 0.0391. The van der Waals surface area contributed by atoms with E-state index in [2.05, 4.69) is 5.32 Å². The molecule has 1 aromatic carbocycles. The second kappa shape index (κ2) is 3.57. The lowest BCUT2D eigenvalue weighted by molar-refractivity contribution is -0.122. The lowest BCUT2D eigenvalue weighted by atomic mass is 9.96. The molecule has 0 saturated carbocycles. The molecule has 1 aliphatic heterocycles. The number of ketones is 1. The lowest BCUT2D eigenvalue weighted by Crippen LogP contribution is -2.35. The Bertz CT molecular complexity index is 564. The largest absolute Gasteiger partial charge is 0.479 e. The second-order valence-electron chi connectivity index (χ2n) is 5.09. The third kappa shape index (κ3) is 1.32. The second-order valence-corrected chi connectivity index (χ2v) is 5.09. The molecule has 1 aliphatic carbocycles. The Morgan fingerprint density at radius 3 is 2.56 bits per heavy atom. The smallest absolute Gasteiger partial charge is 0.265 e. The highest BCUT2D eigenvalue weighted by atomic mass is 16.5. The third-order valence-electron chi connectivity index (χ3n) is 4.02. The molecular weight excluding hydrogens is 230 g/mol. The molecule has 1 aromatic rings. The van der Waals surface area contributed by atoms with Gasteiger partial charge in [-0.2, -0.15) is 0 Å². The van der Waals surface area contributed by atoms with E-state index < -0.39 is 6.10 Å². The Morgan fingerprint density at radius 1 is 1.11 bits per heavy atom. The van der Waals surface area contributed by atoms with E-state index in [-0.39, 0.29) is 23.5 Å². The Balaban J connectivity index is 2.19. The fraction of sp³-hybridized carbons (Fsp3) is 0.429. The van der Waals surface area contributed by atoms with Crippen molar-refractivity contribution in [1.29, 1.82) is 0 Å². The maximum Gasteiger partial charge on any atom is 0.265 e. The molecule has 2 aliphatic rings. The number of hydrogen-bond donors (Lipinski definition) is 1. The number of rotatable bonds is 0. The Kier molecular flexibility index (Phi) is 2.24. The summed E-state index contributed by atoms with van der Waals surface area (Å²) in [5, 5.41) is 2.80. The number of hydrogen-bond acceptors (Lipinski definition) is 3. The molecule has 1 amide bonds. The van der Waals surface area contributed by atoms with Crippen LogP contribution in [-0.2, 0) is 4.79 Å². The number of carbonyl (C=O) groups excluding carboxylic acids is 2. The molecule has 18 heavy (non-hydrogen) atoms. The highest BCUT2D eigenvalue weighted by molar-refractivity contribution is 6.12. The van der Waals surface area contributed by atoms with Gasteiger partial charge in [0.05, 0.1) is 5.69 Å². The maximum absolute atomic E-state index is 12.3. The zero-order chi connectivity index (χ0) is 13.0. The molecule has 0 fully saturated rings. The van der Waals surface area contributed by atoms with Crippen molar-refractivity contribution in [3.8, 4) is 5.75 Å². The number of ether oxygens (including phenoxy) is 1. The van der Waals surface area contributed by atoms with E-state index in [0.717, 1.165) is 5.56 Å². The molecule has 4 nitrogen and oxygen atoms in total. The van der Waals surface area contributed by atoms with E-state index in [4.69, 9.17) is 4.74 Å². The molecule has 0 spiro atoms. The average Bonchev–Trinajstić information content (AvgIpc) is 2.56.